The fourth-order valence-electron chi connectivity index (χ4n) is 2.12. The lowest BCUT2D eigenvalue weighted by molar-refractivity contribution is -0.109. The van der Waals surface area contributed by atoms with Gasteiger partial charge in [0.25, 0.3) is 0 Å². The lowest BCUT2D eigenvalue weighted by atomic mass is 9.97. The summed E-state index contributed by atoms with van der Waals surface area (Å²) in [4.78, 5) is 14.0. The Morgan fingerprint density at radius 3 is 2.87 bits per heavy atom. The van der Waals surface area contributed by atoms with Crippen molar-refractivity contribution in [3.8, 4) is 0 Å². The number of aromatic amines is 1. The molecule has 2 nitrogen and oxygen atoms in total. The fraction of sp³-hybridized carbons (Fsp3) is 0.250. The SMILES string of the molecule is O=CC1(c2c[nH]c3cccc(F)c23)CC1. The van der Waals surface area contributed by atoms with Crippen LogP contribution in [0.15, 0.2) is 24.4 Å². The van der Waals surface area contributed by atoms with Crippen LogP contribution in [0.5, 0.6) is 0 Å². The van der Waals surface area contributed by atoms with E-state index in [4.69, 9.17) is 0 Å². The van der Waals surface area contributed by atoms with E-state index in [-0.39, 0.29) is 5.82 Å². The minimum Gasteiger partial charge on any atom is -0.361 e. The van der Waals surface area contributed by atoms with Gasteiger partial charge in [-0.3, -0.25) is 0 Å². The third kappa shape index (κ3) is 1.06. The molecule has 1 aliphatic rings. The molecule has 1 fully saturated rings. The zero-order valence-corrected chi connectivity index (χ0v) is 8.09. The molecule has 1 aromatic carbocycles. The summed E-state index contributed by atoms with van der Waals surface area (Å²) in [6.07, 6.45) is 4.37. The average molecular weight is 203 g/mol. The van der Waals surface area contributed by atoms with Gasteiger partial charge in [-0.05, 0) is 30.5 Å². The molecule has 15 heavy (non-hydrogen) atoms. The molecule has 0 bridgehead atoms. The third-order valence-electron chi connectivity index (χ3n) is 3.21. The Labute approximate surface area is 86.1 Å². The van der Waals surface area contributed by atoms with E-state index in [1.807, 2.05) is 6.07 Å². The van der Waals surface area contributed by atoms with Crippen LogP contribution < -0.4 is 0 Å². The quantitative estimate of drug-likeness (QED) is 0.747. The van der Waals surface area contributed by atoms with Crippen molar-refractivity contribution in [2.24, 2.45) is 0 Å². The number of aldehydes is 1. The van der Waals surface area contributed by atoms with Crippen LogP contribution in [-0.4, -0.2) is 11.3 Å². The van der Waals surface area contributed by atoms with Crippen LogP contribution in [0.25, 0.3) is 10.9 Å². The highest BCUT2D eigenvalue weighted by Gasteiger charge is 2.46. The Balaban J connectivity index is 2.32. The van der Waals surface area contributed by atoms with Gasteiger partial charge < -0.3 is 9.78 Å². The van der Waals surface area contributed by atoms with Gasteiger partial charge in [0, 0.05) is 17.1 Å². The van der Waals surface area contributed by atoms with E-state index in [9.17, 15) is 9.18 Å². The van der Waals surface area contributed by atoms with Crippen molar-refractivity contribution >= 4 is 17.2 Å². The van der Waals surface area contributed by atoms with E-state index in [1.165, 1.54) is 6.07 Å². The Morgan fingerprint density at radius 2 is 2.20 bits per heavy atom. The summed E-state index contributed by atoms with van der Waals surface area (Å²) < 4.78 is 13.6. The van der Waals surface area contributed by atoms with Gasteiger partial charge in [-0.2, -0.15) is 0 Å². The van der Waals surface area contributed by atoms with Crippen LogP contribution in [0, 0.1) is 5.82 Å². The summed E-state index contributed by atoms with van der Waals surface area (Å²) in [6.45, 7) is 0. The van der Waals surface area contributed by atoms with E-state index in [2.05, 4.69) is 4.98 Å². The van der Waals surface area contributed by atoms with Crippen molar-refractivity contribution in [3.05, 3.63) is 35.8 Å². The topological polar surface area (TPSA) is 32.9 Å². The Bertz CT molecular complexity index is 540. The molecule has 0 atom stereocenters. The fourth-order valence-corrected chi connectivity index (χ4v) is 2.12. The van der Waals surface area contributed by atoms with Crippen LogP contribution in [0.2, 0.25) is 0 Å². The monoisotopic (exact) mass is 203 g/mol. The number of fused-ring (bicyclic) bond motifs is 1. The summed E-state index contributed by atoms with van der Waals surface area (Å²) in [5.74, 6) is -0.253. The second-order valence-electron chi connectivity index (χ2n) is 4.14. The van der Waals surface area contributed by atoms with Gasteiger partial charge in [0.1, 0.15) is 12.1 Å². The van der Waals surface area contributed by atoms with Gasteiger partial charge in [-0.25, -0.2) is 4.39 Å². The maximum Gasteiger partial charge on any atom is 0.132 e. The van der Waals surface area contributed by atoms with E-state index < -0.39 is 5.41 Å². The second kappa shape index (κ2) is 2.69. The summed E-state index contributed by atoms with van der Waals surface area (Å²) >= 11 is 0. The molecule has 0 spiro atoms. The minimum absolute atomic E-state index is 0.253. The van der Waals surface area contributed by atoms with Crippen LogP contribution in [0.4, 0.5) is 4.39 Å². The first-order chi connectivity index (χ1) is 7.27. The molecule has 2 aromatic rings. The highest BCUT2D eigenvalue weighted by molar-refractivity contribution is 5.90. The van der Waals surface area contributed by atoms with Gasteiger partial charge in [0.05, 0.1) is 5.41 Å². The molecular formula is C12H10FNO. The zero-order chi connectivity index (χ0) is 10.5. The molecule has 0 unspecified atom stereocenters. The number of halogens is 1. The standard InChI is InChI=1S/C12H10FNO/c13-9-2-1-3-10-11(9)8(6-14-10)12(7-15)4-5-12/h1-3,6-7,14H,4-5H2. The van der Waals surface area contributed by atoms with Crippen molar-refractivity contribution in [1.29, 1.82) is 0 Å². The third-order valence-corrected chi connectivity index (χ3v) is 3.21. The molecule has 76 valence electrons. The van der Waals surface area contributed by atoms with Crippen LogP contribution >= 0.6 is 0 Å². The normalized spacial score (nSPS) is 17.9. The van der Waals surface area contributed by atoms with E-state index in [1.54, 1.807) is 12.3 Å². The highest BCUT2D eigenvalue weighted by atomic mass is 19.1. The number of rotatable bonds is 2. The van der Waals surface area contributed by atoms with Crippen molar-refractivity contribution < 1.29 is 9.18 Å². The van der Waals surface area contributed by atoms with Crippen LogP contribution in [0.3, 0.4) is 0 Å². The Hall–Kier alpha value is -1.64. The predicted octanol–water partition coefficient (Wildman–Crippen LogP) is 2.54. The molecule has 3 rings (SSSR count). The number of hydrogen-bond donors (Lipinski definition) is 1. The van der Waals surface area contributed by atoms with Gasteiger partial charge >= 0.3 is 0 Å². The number of carbonyl (C=O) groups excluding carboxylic acids is 1. The molecule has 1 N–H and O–H groups in total. The molecule has 0 radical (unpaired) electrons. The molecule has 3 heteroatoms. The van der Waals surface area contributed by atoms with Crippen molar-refractivity contribution in [2.75, 3.05) is 0 Å². The zero-order valence-electron chi connectivity index (χ0n) is 8.09. The number of hydrogen-bond acceptors (Lipinski definition) is 1. The Morgan fingerprint density at radius 1 is 1.40 bits per heavy atom. The van der Waals surface area contributed by atoms with E-state index >= 15 is 0 Å². The Kier molecular flexibility index (Phi) is 1.55. The number of H-pyrrole nitrogens is 1. The summed E-state index contributed by atoms with van der Waals surface area (Å²) in [5, 5.41) is 0.571. The molecule has 1 aromatic heterocycles. The van der Waals surface area contributed by atoms with Gasteiger partial charge in [0.15, 0.2) is 0 Å². The second-order valence-corrected chi connectivity index (χ2v) is 4.14. The average Bonchev–Trinajstić information content (AvgIpc) is 2.92. The first-order valence-corrected chi connectivity index (χ1v) is 4.99. The highest BCUT2D eigenvalue weighted by Crippen LogP contribution is 2.48. The maximum absolute atomic E-state index is 13.6. The van der Waals surface area contributed by atoms with Crippen LogP contribution in [0.1, 0.15) is 18.4 Å². The minimum atomic E-state index is -0.416. The first kappa shape index (κ1) is 8.65. The molecular weight excluding hydrogens is 193 g/mol. The van der Waals surface area contributed by atoms with Gasteiger partial charge in [0.2, 0.25) is 0 Å². The van der Waals surface area contributed by atoms with E-state index in [0.29, 0.717) is 5.39 Å². The molecule has 0 saturated heterocycles. The van der Waals surface area contributed by atoms with Crippen LogP contribution in [-0.2, 0) is 10.2 Å². The number of benzene rings is 1. The summed E-state index contributed by atoms with van der Waals surface area (Å²) in [6, 6.07) is 4.92. The summed E-state index contributed by atoms with van der Waals surface area (Å²) in [5.41, 5.74) is 1.16. The largest absolute Gasteiger partial charge is 0.361 e. The lowest BCUT2D eigenvalue weighted by Crippen LogP contribution is -2.07. The summed E-state index contributed by atoms with van der Waals surface area (Å²) in [7, 11) is 0. The molecule has 1 saturated carbocycles. The first-order valence-electron chi connectivity index (χ1n) is 4.99. The maximum atomic E-state index is 13.6. The molecule has 0 aliphatic heterocycles. The van der Waals surface area contributed by atoms with Crippen molar-refractivity contribution in [1.82, 2.24) is 4.98 Å². The smallest absolute Gasteiger partial charge is 0.132 e. The van der Waals surface area contributed by atoms with Crippen molar-refractivity contribution in [3.63, 3.8) is 0 Å². The van der Waals surface area contributed by atoms with Crippen molar-refractivity contribution in [2.45, 2.75) is 18.3 Å². The molecule has 0 amide bonds. The predicted molar refractivity (Wildman–Crippen MR) is 55.2 cm³/mol. The lowest BCUT2D eigenvalue weighted by Gasteiger charge is -2.05. The number of carbonyl (C=O) groups is 1. The molecule has 1 heterocycles. The van der Waals surface area contributed by atoms with Gasteiger partial charge in [-0.1, -0.05) is 6.07 Å². The van der Waals surface area contributed by atoms with Gasteiger partial charge in [-0.15, -0.1) is 0 Å². The van der Waals surface area contributed by atoms with E-state index in [0.717, 1.165) is 30.2 Å². The number of nitrogens with one attached hydrogen (secondary N) is 1. The molecule has 1 aliphatic carbocycles. The number of aromatic nitrogens is 1.